The lowest BCUT2D eigenvalue weighted by Crippen LogP contribution is -2.25. The van der Waals surface area contributed by atoms with Crippen LogP contribution in [0, 0.1) is 5.92 Å². The van der Waals surface area contributed by atoms with E-state index in [4.69, 9.17) is 0 Å². The maximum Gasteiger partial charge on any atom is 0.201 e. The lowest BCUT2D eigenvalue weighted by atomic mass is 9.88. The zero-order valence-electron chi connectivity index (χ0n) is 13.6. The number of halogens is 3. The predicted octanol–water partition coefficient (Wildman–Crippen LogP) is 3.60. The molecule has 0 N–H and O–H groups in total. The fourth-order valence-electron chi connectivity index (χ4n) is 2.05. The molecule has 0 aromatic heterocycles. The average molecular weight is 327 g/mol. The molecule has 0 fully saturated rings. The molecule has 0 amide bonds. The molecule has 0 aromatic carbocycles. The Morgan fingerprint density at radius 2 is 1.91 bits per heavy atom. The van der Waals surface area contributed by atoms with Gasteiger partial charge in [0.05, 0.1) is 11.1 Å². The third kappa shape index (κ3) is 4.00. The van der Waals surface area contributed by atoms with Gasteiger partial charge in [0.2, 0.25) is 5.78 Å². The molecule has 6 heteroatoms. The lowest BCUT2D eigenvalue weighted by molar-refractivity contribution is -0.118. The number of ketones is 2. The second-order valence-electron chi connectivity index (χ2n) is 5.60. The lowest BCUT2D eigenvalue weighted by Gasteiger charge is -2.21. The third-order valence-corrected chi connectivity index (χ3v) is 3.51. The van der Waals surface area contributed by atoms with E-state index in [1.807, 2.05) is 0 Å². The molecule has 0 radical (unpaired) electrons. The van der Waals surface area contributed by atoms with Crippen LogP contribution in [0.2, 0.25) is 0 Å². The Bertz CT molecular complexity index is 630. The Labute approximate surface area is 133 Å². The van der Waals surface area contributed by atoms with Crippen LogP contribution in [0.5, 0.6) is 0 Å². The molecule has 126 valence electrons. The van der Waals surface area contributed by atoms with Crippen LogP contribution < -0.4 is 0 Å². The number of carbonyl (C=O) groups excluding carboxylic acids is 2. The minimum Gasteiger partial charge on any atom is -0.383 e. The van der Waals surface area contributed by atoms with Gasteiger partial charge < -0.3 is 4.90 Å². The van der Waals surface area contributed by atoms with Gasteiger partial charge in [-0.3, -0.25) is 9.59 Å². The summed E-state index contributed by atoms with van der Waals surface area (Å²) in [6.07, 6.45) is -0.0718. The smallest absolute Gasteiger partial charge is 0.201 e. The van der Waals surface area contributed by atoms with Gasteiger partial charge in [-0.2, -0.15) is 0 Å². The molecule has 3 nitrogen and oxygen atoms in total. The number of nitrogens with zero attached hydrogens (tertiary/aromatic N) is 1. The van der Waals surface area contributed by atoms with Gasteiger partial charge >= 0.3 is 0 Å². The molecule has 0 saturated carbocycles. The average Bonchev–Trinajstić information content (AvgIpc) is 2.51. The van der Waals surface area contributed by atoms with Crippen molar-refractivity contribution in [1.82, 2.24) is 4.90 Å². The second-order valence-corrected chi connectivity index (χ2v) is 5.60. The molecule has 23 heavy (non-hydrogen) atoms. The van der Waals surface area contributed by atoms with Crippen molar-refractivity contribution < 1.29 is 22.8 Å². The monoisotopic (exact) mass is 327 g/mol. The predicted molar refractivity (Wildman–Crippen MR) is 82.6 cm³/mol. The maximum atomic E-state index is 14.2. The summed E-state index contributed by atoms with van der Waals surface area (Å²) in [6, 6.07) is 0. The van der Waals surface area contributed by atoms with Crippen molar-refractivity contribution in [3.63, 3.8) is 0 Å². The molecule has 2 atom stereocenters. The van der Waals surface area contributed by atoms with Crippen LogP contribution in [-0.4, -0.2) is 36.7 Å². The molecule has 0 bridgehead atoms. The van der Waals surface area contributed by atoms with Crippen molar-refractivity contribution in [1.29, 1.82) is 0 Å². The number of allylic oxidation sites excluding steroid dienone is 6. The van der Waals surface area contributed by atoms with Crippen LogP contribution >= 0.6 is 0 Å². The molecule has 1 aliphatic carbocycles. The zero-order chi connectivity index (χ0) is 17.9. The largest absolute Gasteiger partial charge is 0.383 e. The molecule has 0 saturated heterocycles. The molecule has 0 heterocycles. The van der Waals surface area contributed by atoms with Crippen LogP contribution in [0.1, 0.15) is 20.3 Å². The quantitative estimate of drug-likeness (QED) is 0.425. The SMILES string of the molecule is C=C(CC)C(=O)/C(=C\N(C)C)C(=O)C1=C(F)[C@@H](C)C(F)C(F)=C1. The molecule has 0 spiro atoms. The Hall–Kier alpha value is -2.11. The van der Waals surface area contributed by atoms with Crippen molar-refractivity contribution in [2.75, 3.05) is 14.1 Å². The van der Waals surface area contributed by atoms with E-state index in [1.54, 1.807) is 21.0 Å². The zero-order valence-corrected chi connectivity index (χ0v) is 13.6. The highest BCUT2D eigenvalue weighted by Gasteiger charge is 2.35. The van der Waals surface area contributed by atoms with Gasteiger partial charge in [-0.05, 0) is 18.1 Å². The topological polar surface area (TPSA) is 37.4 Å². The summed E-state index contributed by atoms with van der Waals surface area (Å²) in [5.74, 6) is -5.33. The van der Waals surface area contributed by atoms with Crippen molar-refractivity contribution in [3.05, 3.63) is 47.2 Å². The normalized spacial score (nSPS) is 21.9. The minimum atomic E-state index is -2.13. The summed E-state index contributed by atoms with van der Waals surface area (Å²) in [4.78, 5) is 26.2. The van der Waals surface area contributed by atoms with Gasteiger partial charge in [0.1, 0.15) is 11.7 Å². The summed E-state index contributed by atoms with van der Waals surface area (Å²) in [7, 11) is 3.16. The number of alkyl halides is 1. The van der Waals surface area contributed by atoms with Gasteiger partial charge in [-0.15, -0.1) is 0 Å². The first kappa shape index (κ1) is 18.9. The number of rotatable bonds is 6. The molecule has 1 unspecified atom stereocenters. The third-order valence-electron chi connectivity index (χ3n) is 3.51. The summed E-state index contributed by atoms with van der Waals surface area (Å²) in [5, 5.41) is 0. The Balaban J connectivity index is 3.37. The van der Waals surface area contributed by atoms with E-state index in [1.165, 1.54) is 11.1 Å². The second kappa shape index (κ2) is 7.44. The minimum absolute atomic E-state index is 0.170. The molecular formula is C17H20F3NO2. The van der Waals surface area contributed by atoms with Crippen molar-refractivity contribution in [3.8, 4) is 0 Å². The van der Waals surface area contributed by atoms with Crippen LogP contribution in [0.3, 0.4) is 0 Å². The Kier molecular flexibility index (Phi) is 6.12. The highest BCUT2D eigenvalue weighted by molar-refractivity contribution is 6.31. The summed E-state index contributed by atoms with van der Waals surface area (Å²) >= 11 is 0. The number of hydrogen-bond acceptors (Lipinski definition) is 3. The first-order valence-corrected chi connectivity index (χ1v) is 7.18. The van der Waals surface area contributed by atoms with Gasteiger partial charge in [-0.25, -0.2) is 13.2 Å². The Morgan fingerprint density at radius 1 is 1.35 bits per heavy atom. The fourth-order valence-corrected chi connectivity index (χ4v) is 2.05. The van der Waals surface area contributed by atoms with Crippen LogP contribution in [-0.2, 0) is 9.59 Å². The summed E-state index contributed by atoms with van der Waals surface area (Å²) in [6.45, 7) is 6.40. The van der Waals surface area contributed by atoms with Crippen molar-refractivity contribution in [2.45, 2.75) is 26.4 Å². The van der Waals surface area contributed by atoms with Gasteiger partial charge in [0.25, 0.3) is 0 Å². The first-order chi connectivity index (χ1) is 10.6. The van der Waals surface area contributed by atoms with Crippen LogP contribution in [0.4, 0.5) is 13.2 Å². The van der Waals surface area contributed by atoms with Gasteiger partial charge in [-0.1, -0.05) is 20.4 Å². The van der Waals surface area contributed by atoms with E-state index < -0.39 is 40.9 Å². The molecule has 1 aliphatic rings. The van der Waals surface area contributed by atoms with Crippen molar-refractivity contribution in [2.24, 2.45) is 5.92 Å². The van der Waals surface area contributed by atoms with Gasteiger partial charge in [0, 0.05) is 26.2 Å². The molecule has 1 rings (SSSR count). The molecular weight excluding hydrogens is 307 g/mol. The standard InChI is InChI=1S/C17H20F3NO2/c1-6-9(2)16(22)12(8-21(4)5)17(23)11-7-13(18)15(20)10(3)14(11)19/h7-8,10,15H,2,6H2,1,3-5H3/b12-8+/t10-,15?/m1/s1. The van der Waals surface area contributed by atoms with E-state index in [0.717, 1.165) is 6.92 Å². The van der Waals surface area contributed by atoms with E-state index in [0.29, 0.717) is 12.5 Å². The highest BCUT2D eigenvalue weighted by atomic mass is 19.2. The van der Waals surface area contributed by atoms with E-state index in [-0.39, 0.29) is 11.1 Å². The summed E-state index contributed by atoms with van der Waals surface area (Å²) < 4.78 is 41.2. The first-order valence-electron chi connectivity index (χ1n) is 7.18. The van der Waals surface area contributed by atoms with E-state index in [9.17, 15) is 22.8 Å². The fraction of sp³-hybridized carbons (Fsp3) is 0.412. The Morgan fingerprint density at radius 3 is 2.39 bits per heavy atom. The van der Waals surface area contributed by atoms with E-state index in [2.05, 4.69) is 6.58 Å². The number of hydrogen-bond donors (Lipinski definition) is 0. The van der Waals surface area contributed by atoms with Gasteiger partial charge in [0.15, 0.2) is 12.0 Å². The number of carbonyl (C=O) groups is 2. The summed E-state index contributed by atoms with van der Waals surface area (Å²) in [5.41, 5.74) is -0.793. The molecule has 0 aromatic rings. The van der Waals surface area contributed by atoms with Crippen molar-refractivity contribution >= 4 is 11.6 Å². The van der Waals surface area contributed by atoms with Crippen LogP contribution in [0.25, 0.3) is 0 Å². The maximum absolute atomic E-state index is 14.2. The van der Waals surface area contributed by atoms with Crippen LogP contribution in [0.15, 0.2) is 47.2 Å². The van der Waals surface area contributed by atoms with E-state index >= 15 is 0 Å². The number of Topliss-reactive ketones (excluding diaryl/α,β-unsaturated/α-hetero) is 2. The molecule has 0 aliphatic heterocycles. The highest BCUT2D eigenvalue weighted by Crippen LogP contribution is 2.35.